The lowest BCUT2D eigenvalue weighted by Crippen LogP contribution is -2.33. The highest BCUT2D eigenvalue weighted by Gasteiger charge is 2.21. The van der Waals surface area contributed by atoms with Gasteiger partial charge in [0.15, 0.2) is 0 Å². The van der Waals surface area contributed by atoms with Crippen LogP contribution in [-0.4, -0.2) is 23.6 Å². The van der Waals surface area contributed by atoms with E-state index in [4.69, 9.17) is 4.98 Å². The summed E-state index contributed by atoms with van der Waals surface area (Å²) >= 11 is 0. The van der Waals surface area contributed by atoms with Crippen LogP contribution in [0, 0.1) is 0 Å². The molecule has 2 heterocycles. The maximum absolute atomic E-state index is 4.91. The van der Waals surface area contributed by atoms with Crippen molar-refractivity contribution in [3.05, 3.63) is 23.4 Å². The summed E-state index contributed by atoms with van der Waals surface area (Å²) in [5, 5.41) is 3.63. The van der Waals surface area contributed by atoms with Crippen molar-refractivity contribution in [3.8, 4) is 0 Å². The van der Waals surface area contributed by atoms with Crippen LogP contribution in [0.15, 0.2) is 12.1 Å². The van der Waals surface area contributed by atoms with Crippen LogP contribution < -0.4 is 10.2 Å². The molecule has 3 nitrogen and oxygen atoms in total. The standard InChI is InChI=1S/C18H29N3/c1-3-16-11-15(13-19-17-8-9-17)12-18(20-16)21-10-6-4-5-7-14(21)2/h11-12,14,17,19H,3-10,13H2,1-2H3. The molecule has 0 radical (unpaired) electrons. The molecule has 1 saturated heterocycles. The Labute approximate surface area is 129 Å². The second-order valence-electron chi connectivity index (χ2n) is 6.73. The van der Waals surface area contributed by atoms with Gasteiger partial charge in [-0.05, 0) is 56.7 Å². The summed E-state index contributed by atoms with van der Waals surface area (Å²) in [6.07, 6.45) is 9.05. The SMILES string of the molecule is CCc1cc(CNC2CC2)cc(N2CCCCCC2C)n1. The lowest BCUT2D eigenvalue weighted by Gasteiger charge is -2.29. The first-order valence-corrected chi connectivity index (χ1v) is 8.76. The molecular formula is C18H29N3. The number of nitrogens with one attached hydrogen (secondary N) is 1. The van der Waals surface area contributed by atoms with Crippen LogP contribution in [0.3, 0.4) is 0 Å². The number of hydrogen-bond donors (Lipinski definition) is 1. The fraction of sp³-hybridized carbons (Fsp3) is 0.722. The second-order valence-corrected chi connectivity index (χ2v) is 6.73. The minimum Gasteiger partial charge on any atom is -0.354 e. The molecule has 3 heteroatoms. The van der Waals surface area contributed by atoms with Gasteiger partial charge in [-0.3, -0.25) is 0 Å². The first-order chi connectivity index (χ1) is 10.3. The highest BCUT2D eigenvalue weighted by Crippen LogP contribution is 2.25. The monoisotopic (exact) mass is 287 g/mol. The van der Waals surface area contributed by atoms with Crippen LogP contribution in [0.5, 0.6) is 0 Å². The largest absolute Gasteiger partial charge is 0.354 e. The zero-order valence-electron chi connectivity index (χ0n) is 13.6. The van der Waals surface area contributed by atoms with Gasteiger partial charge < -0.3 is 10.2 Å². The Kier molecular flexibility index (Phi) is 4.79. The molecule has 1 unspecified atom stereocenters. The second kappa shape index (κ2) is 6.78. The fourth-order valence-corrected chi connectivity index (χ4v) is 3.23. The summed E-state index contributed by atoms with van der Waals surface area (Å²) in [4.78, 5) is 7.44. The maximum Gasteiger partial charge on any atom is 0.129 e. The zero-order chi connectivity index (χ0) is 14.7. The van der Waals surface area contributed by atoms with E-state index in [2.05, 4.69) is 36.2 Å². The normalized spacial score (nSPS) is 23.1. The third-order valence-electron chi connectivity index (χ3n) is 4.81. The van der Waals surface area contributed by atoms with Crippen molar-refractivity contribution in [2.45, 2.75) is 77.4 Å². The van der Waals surface area contributed by atoms with E-state index in [1.54, 1.807) is 0 Å². The van der Waals surface area contributed by atoms with Gasteiger partial charge in [0.05, 0.1) is 0 Å². The summed E-state index contributed by atoms with van der Waals surface area (Å²) in [5.74, 6) is 1.20. The van der Waals surface area contributed by atoms with Crippen molar-refractivity contribution in [1.82, 2.24) is 10.3 Å². The molecule has 21 heavy (non-hydrogen) atoms. The van der Waals surface area contributed by atoms with Gasteiger partial charge >= 0.3 is 0 Å². The van der Waals surface area contributed by atoms with E-state index in [1.165, 1.54) is 55.6 Å². The number of pyridine rings is 1. The molecular weight excluding hydrogens is 258 g/mol. The highest BCUT2D eigenvalue weighted by atomic mass is 15.2. The maximum atomic E-state index is 4.91. The van der Waals surface area contributed by atoms with E-state index in [1.807, 2.05) is 0 Å². The van der Waals surface area contributed by atoms with Gasteiger partial charge in [-0.1, -0.05) is 19.8 Å². The van der Waals surface area contributed by atoms with Gasteiger partial charge in [-0.25, -0.2) is 4.98 Å². The van der Waals surface area contributed by atoms with Crippen molar-refractivity contribution < 1.29 is 0 Å². The lowest BCUT2D eigenvalue weighted by molar-refractivity contribution is 0.609. The Bertz CT molecular complexity index is 468. The number of aryl methyl sites for hydroxylation is 1. The molecule has 0 bridgehead atoms. The number of nitrogens with zero attached hydrogens (tertiary/aromatic N) is 2. The third kappa shape index (κ3) is 3.97. The van der Waals surface area contributed by atoms with Gasteiger partial charge in [0.1, 0.15) is 5.82 Å². The first kappa shape index (κ1) is 14.8. The van der Waals surface area contributed by atoms with Gasteiger partial charge in [0.2, 0.25) is 0 Å². The smallest absolute Gasteiger partial charge is 0.129 e. The van der Waals surface area contributed by atoms with Crippen LogP contribution >= 0.6 is 0 Å². The van der Waals surface area contributed by atoms with E-state index < -0.39 is 0 Å². The predicted octanol–water partition coefficient (Wildman–Crippen LogP) is 3.66. The third-order valence-corrected chi connectivity index (χ3v) is 4.81. The molecule has 0 aromatic carbocycles. The minimum absolute atomic E-state index is 0.622. The molecule has 1 aromatic rings. The van der Waals surface area contributed by atoms with Gasteiger partial charge in [0, 0.05) is 30.9 Å². The zero-order valence-corrected chi connectivity index (χ0v) is 13.6. The topological polar surface area (TPSA) is 28.2 Å². The predicted molar refractivity (Wildman–Crippen MR) is 88.8 cm³/mol. The minimum atomic E-state index is 0.622. The van der Waals surface area contributed by atoms with E-state index in [9.17, 15) is 0 Å². The molecule has 1 aromatic heterocycles. The summed E-state index contributed by atoms with van der Waals surface area (Å²) in [6.45, 7) is 6.72. The van der Waals surface area contributed by atoms with Gasteiger partial charge in [-0.2, -0.15) is 0 Å². The van der Waals surface area contributed by atoms with Crippen molar-refractivity contribution >= 4 is 5.82 Å². The average molecular weight is 287 g/mol. The van der Waals surface area contributed by atoms with E-state index in [-0.39, 0.29) is 0 Å². The van der Waals surface area contributed by atoms with Crippen molar-refractivity contribution in [2.75, 3.05) is 11.4 Å². The summed E-state index contributed by atoms with van der Waals surface area (Å²) < 4.78 is 0. The van der Waals surface area contributed by atoms with Crippen molar-refractivity contribution in [2.24, 2.45) is 0 Å². The number of hydrogen-bond acceptors (Lipinski definition) is 3. The summed E-state index contributed by atoms with van der Waals surface area (Å²) in [7, 11) is 0. The Morgan fingerprint density at radius 1 is 1.19 bits per heavy atom. The molecule has 116 valence electrons. The molecule has 0 spiro atoms. The number of anilines is 1. The average Bonchev–Trinajstić information content (AvgIpc) is 3.32. The summed E-state index contributed by atoms with van der Waals surface area (Å²) in [6, 6.07) is 5.98. The highest BCUT2D eigenvalue weighted by molar-refractivity contribution is 5.44. The van der Waals surface area contributed by atoms with Crippen molar-refractivity contribution in [3.63, 3.8) is 0 Å². The first-order valence-electron chi connectivity index (χ1n) is 8.76. The molecule has 1 atom stereocenters. The van der Waals surface area contributed by atoms with E-state index in [0.717, 1.165) is 25.6 Å². The molecule has 1 N–H and O–H groups in total. The van der Waals surface area contributed by atoms with Crippen molar-refractivity contribution in [1.29, 1.82) is 0 Å². The van der Waals surface area contributed by atoms with Crippen LogP contribution in [0.1, 0.15) is 63.6 Å². The van der Waals surface area contributed by atoms with E-state index in [0.29, 0.717) is 6.04 Å². The molecule has 2 fully saturated rings. The molecule has 2 aliphatic rings. The molecule has 3 rings (SSSR count). The molecule has 1 saturated carbocycles. The number of aromatic nitrogens is 1. The Morgan fingerprint density at radius 3 is 2.81 bits per heavy atom. The van der Waals surface area contributed by atoms with Gasteiger partial charge in [-0.15, -0.1) is 0 Å². The Balaban J connectivity index is 1.79. The lowest BCUT2D eigenvalue weighted by atomic mass is 10.1. The van der Waals surface area contributed by atoms with Crippen LogP contribution in [0.2, 0.25) is 0 Å². The van der Waals surface area contributed by atoms with Crippen LogP contribution in [0.25, 0.3) is 0 Å². The van der Waals surface area contributed by atoms with Crippen LogP contribution in [-0.2, 0) is 13.0 Å². The van der Waals surface area contributed by atoms with Gasteiger partial charge in [0.25, 0.3) is 0 Å². The quantitative estimate of drug-likeness (QED) is 0.895. The molecule has 1 aliphatic carbocycles. The Morgan fingerprint density at radius 2 is 2.05 bits per heavy atom. The molecule has 1 aliphatic heterocycles. The van der Waals surface area contributed by atoms with Crippen LogP contribution in [0.4, 0.5) is 5.82 Å². The Hall–Kier alpha value is -1.09. The van der Waals surface area contributed by atoms with E-state index >= 15 is 0 Å². The molecule has 0 amide bonds. The fourth-order valence-electron chi connectivity index (χ4n) is 3.23. The number of rotatable bonds is 5. The summed E-state index contributed by atoms with van der Waals surface area (Å²) in [5.41, 5.74) is 2.64.